The third-order valence-electron chi connectivity index (χ3n) is 3.46. The van der Waals surface area contributed by atoms with E-state index in [0.717, 1.165) is 23.8 Å². The van der Waals surface area contributed by atoms with E-state index < -0.39 is 0 Å². The lowest BCUT2D eigenvalue weighted by Gasteiger charge is -2.09. The first-order chi connectivity index (χ1) is 9.85. The minimum absolute atomic E-state index is 0.618. The largest absolute Gasteiger partial charge is 0.370 e. The van der Waals surface area contributed by atoms with Gasteiger partial charge in [0.15, 0.2) is 5.82 Å². The maximum atomic E-state index is 5.48. The first kappa shape index (κ1) is 12.9. The van der Waals surface area contributed by atoms with Gasteiger partial charge < -0.3 is 10.7 Å². The highest BCUT2D eigenvalue weighted by Crippen LogP contribution is 2.32. The van der Waals surface area contributed by atoms with E-state index in [1.54, 1.807) is 0 Å². The van der Waals surface area contributed by atoms with Crippen molar-refractivity contribution in [2.45, 2.75) is 19.3 Å². The molecule has 0 atom stereocenters. The quantitative estimate of drug-likeness (QED) is 0.555. The zero-order valence-electron chi connectivity index (χ0n) is 11.3. The topological polar surface area (TPSA) is 75.9 Å². The number of hydrogen-bond donors (Lipinski definition) is 3. The Morgan fingerprint density at radius 3 is 2.55 bits per heavy atom. The molecule has 0 amide bonds. The Balaban J connectivity index is 1.78. The van der Waals surface area contributed by atoms with Crippen LogP contribution in [0.2, 0.25) is 0 Å². The highest BCUT2D eigenvalue weighted by molar-refractivity contribution is 5.60. The minimum atomic E-state index is 0.618. The molecule has 1 aliphatic carbocycles. The molecule has 5 heteroatoms. The molecule has 1 aromatic heterocycles. The molecule has 1 fully saturated rings. The van der Waals surface area contributed by atoms with Gasteiger partial charge in [0, 0.05) is 18.2 Å². The van der Waals surface area contributed by atoms with Crippen LogP contribution in [0.15, 0.2) is 36.4 Å². The van der Waals surface area contributed by atoms with Gasteiger partial charge in [-0.3, -0.25) is 0 Å². The molecule has 1 aromatic carbocycles. The van der Waals surface area contributed by atoms with E-state index in [-0.39, 0.29) is 0 Å². The smallest absolute Gasteiger partial charge is 0.163 e. The predicted molar refractivity (Wildman–Crippen MR) is 81.1 cm³/mol. The van der Waals surface area contributed by atoms with E-state index in [2.05, 4.69) is 20.7 Å². The number of nitrogens with one attached hydrogen (secondary N) is 2. The molecule has 0 saturated heterocycles. The number of aromatic nitrogens is 2. The summed E-state index contributed by atoms with van der Waals surface area (Å²) in [5.74, 6) is 8.50. The van der Waals surface area contributed by atoms with Crippen molar-refractivity contribution in [3.05, 3.63) is 36.4 Å². The van der Waals surface area contributed by atoms with E-state index >= 15 is 0 Å². The number of anilines is 2. The van der Waals surface area contributed by atoms with Crippen molar-refractivity contribution in [1.29, 1.82) is 0 Å². The fourth-order valence-electron chi connectivity index (χ4n) is 2.14. The lowest BCUT2D eigenvalue weighted by atomic mass is 10.2. The Kier molecular flexibility index (Phi) is 3.78. The average Bonchev–Trinajstić information content (AvgIpc) is 3.32. The number of hydrogen-bond acceptors (Lipinski definition) is 5. The van der Waals surface area contributed by atoms with Gasteiger partial charge in [-0.15, -0.1) is 0 Å². The van der Waals surface area contributed by atoms with Gasteiger partial charge in [-0.2, -0.15) is 0 Å². The van der Waals surface area contributed by atoms with Crippen molar-refractivity contribution in [3.8, 4) is 11.4 Å². The van der Waals surface area contributed by atoms with Gasteiger partial charge >= 0.3 is 0 Å². The molecule has 104 valence electrons. The third kappa shape index (κ3) is 3.24. The summed E-state index contributed by atoms with van der Waals surface area (Å²) in [5, 5.41) is 3.35. The fourth-order valence-corrected chi connectivity index (χ4v) is 2.14. The molecule has 1 heterocycles. The van der Waals surface area contributed by atoms with Crippen molar-refractivity contribution in [2.75, 3.05) is 17.3 Å². The van der Waals surface area contributed by atoms with Crippen molar-refractivity contribution in [3.63, 3.8) is 0 Å². The first-order valence-electron chi connectivity index (χ1n) is 7.00. The Morgan fingerprint density at radius 2 is 1.85 bits per heavy atom. The number of nitrogen functional groups attached to an aromatic ring is 1. The van der Waals surface area contributed by atoms with Crippen LogP contribution in [0, 0.1) is 5.92 Å². The van der Waals surface area contributed by atoms with Crippen LogP contribution in [0.1, 0.15) is 19.3 Å². The molecular formula is C15H19N5. The average molecular weight is 269 g/mol. The van der Waals surface area contributed by atoms with Gasteiger partial charge in [0.05, 0.1) is 0 Å². The maximum absolute atomic E-state index is 5.48. The molecule has 4 N–H and O–H groups in total. The van der Waals surface area contributed by atoms with E-state index in [1.807, 2.05) is 36.4 Å². The van der Waals surface area contributed by atoms with Crippen LogP contribution in [-0.4, -0.2) is 16.5 Å². The molecule has 1 saturated carbocycles. The molecule has 2 aromatic rings. The van der Waals surface area contributed by atoms with Crippen LogP contribution in [0.5, 0.6) is 0 Å². The van der Waals surface area contributed by atoms with E-state index in [4.69, 9.17) is 5.84 Å². The molecule has 1 aliphatic rings. The number of nitrogens with two attached hydrogens (primary N) is 1. The van der Waals surface area contributed by atoms with Gasteiger partial charge in [-0.05, 0) is 12.3 Å². The van der Waals surface area contributed by atoms with Crippen LogP contribution in [-0.2, 0) is 0 Å². The first-order valence-corrected chi connectivity index (χ1v) is 7.00. The second-order valence-electron chi connectivity index (χ2n) is 5.13. The van der Waals surface area contributed by atoms with Gasteiger partial charge in [0.2, 0.25) is 0 Å². The summed E-state index contributed by atoms with van der Waals surface area (Å²) in [4.78, 5) is 8.94. The van der Waals surface area contributed by atoms with Crippen molar-refractivity contribution >= 4 is 11.6 Å². The molecule has 0 radical (unpaired) electrons. The van der Waals surface area contributed by atoms with Gasteiger partial charge in [0.25, 0.3) is 0 Å². The monoisotopic (exact) mass is 269 g/mol. The second kappa shape index (κ2) is 5.88. The molecular weight excluding hydrogens is 250 g/mol. The summed E-state index contributed by atoms with van der Waals surface area (Å²) in [6.45, 7) is 0.944. The van der Waals surface area contributed by atoms with Gasteiger partial charge in [-0.25, -0.2) is 15.8 Å². The Morgan fingerprint density at radius 1 is 1.10 bits per heavy atom. The summed E-state index contributed by atoms with van der Waals surface area (Å²) >= 11 is 0. The van der Waals surface area contributed by atoms with Crippen LogP contribution >= 0.6 is 0 Å². The molecule has 5 nitrogen and oxygen atoms in total. The predicted octanol–water partition coefficient (Wildman–Crippen LogP) is 2.64. The molecule has 0 aliphatic heterocycles. The summed E-state index contributed by atoms with van der Waals surface area (Å²) < 4.78 is 0. The van der Waals surface area contributed by atoms with Gasteiger partial charge in [0.1, 0.15) is 11.6 Å². The van der Waals surface area contributed by atoms with Crippen molar-refractivity contribution in [2.24, 2.45) is 11.8 Å². The van der Waals surface area contributed by atoms with Crippen molar-refractivity contribution < 1.29 is 0 Å². The Bertz CT molecular complexity index is 566. The minimum Gasteiger partial charge on any atom is -0.370 e. The van der Waals surface area contributed by atoms with Crippen molar-refractivity contribution in [1.82, 2.24) is 9.97 Å². The fraction of sp³-hybridized carbons (Fsp3) is 0.333. The van der Waals surface area contributed by atoms with Gasteiger partial charge in [-0.1, -0.05) is 43.2 Å². The standard InChI is InChI=1S/C15H19N5/c16-20-14-10-13(17-9-8-11-6-7-11)18-15(19-14)12-4-2-1-3-5-12/h1-5,10-11H,6-9,16H2,(H2,17,18,19,20). The van der Waals surface area contributed by atoms with E-state index in [0.29, 0.717) is 11.6 Å². The van der Waals surface area contributed by atoms with E-state index in [9.17, 15) is 0 Å². The number of rotatable bonds is 6. The SMILES string of the molecule is NNc1cc(NCCC2CC2)nc(-c2ccccc2)n1. The number of nitrogens with zero attached hydrogens (tertiary/aromatic N) is 2. The Labute approximate surface area is 118 Å². The summed E-state index contributed by atoms with van der Waals surface area (Å²) in [5.41, 5.74) is 3.58. The molecule has 0 spiro atoms. The number of hydrazine groups is 1. The van der Waals surface area contributed by atoms with Crippen LogP contribution in [0.3, 0.4) is 0 Å². The van der Waals surface area contributed by atoms with Crippen LogP contribution in [0.25, 0.3) is 11.4 Å². The summed E-state index contributed by atoms with van der Waals surface area (Å²) in [7, 11) is 0. The maximum Gasteiger partial charge on any atom is 0.163 e. The lowest BCUT2D eigenvalue weighted by Crippen LogP contribution is -2.12. The van der Waals surface area contributed by atoms with Crippen LogP contribution in [0.4, 0.5) is 11.6 Å². The summed E-state index contributed by atoms with van der Waals surface area (Å²) in [6, 6.07) is 11.7. The lowest BCUT2D eigenvalue weighted by molar-refractivity contribution is 0.758. The second-order valence-corrected chi connectivity index (χ2v) is 5.13. The molecule has 0 bridgehead atoms. The zero-order valence-corrected chi connectivity index (χ0v) is 11.3. The highest BCUT2D eigenvalue weighted by atomic mass is 15.3. The Hall–Kier alpha value is -2.14. The molecule has 3 rings (SSSR count). The molecule has 20 heavy (non-hydrogen) atoms. The number of benzene rings is 1. The zero-order chi connectivity index (χ0) is 13.8. The van der Waals surface area contributed by atoms with E-state index in [1.165, 1.54) is 19.3 Å². The summed E-state index contributed by atoms with van der Waals surface area (Å²) in [6.07, 6.45) is 3.95. The highest BCUT2D eigenvalue weighted by Gasteiger charge is 2.20. The molecule has 0 unspecified atom stereocenters. The third-order valence-corrected chi connectivity index (χ3v) is 3.46. The van der Waals surface area contributed by atoms with Crippen LogP contribution < -0.4 is 16.6 Å². The normalized spacial score (nSPS) is 14.1.